The van der Waals surface area contributed by atoms with E-state index in [-0.39, 0.29) is 5.91 Å². The average Bonchev–Trinajstić information content (AvgIpc) is 2.82. The Labute approximate surface area is 191 Å². The smallest absolute Gasteiger partial charge is 0.254 e. The number of carbonyl (C=O) groups is 1. The molecule has 2 aliphatic rings. The molecule has 0 atom stereocenters. The maximum Gasteiger partial charge on any atom is 0.254 e. The summed E-state index contributed by atoms with van der Waals surface area (Å²) >= 11 is 0. The Kier molecular flexibility index (Phi) is 6.53. The van der Waals surface area contributed by atoms with Crippen LogP contribution < -0.4 is 14.5 Å². The molecule has 2 aromatic rings. The molecule has 0 unspecified atom stereocenters. The summed E-state index contributed by atoms with van der Waals surface area (Å²) in [7, 11) is 3.70. The van der Waals surface area contributed by atoms with Crippen LogP contribution in [0, 0.1) is 5.92 Å². The summed E-state index contributed by atoms with van der Waals surface area (Å²) < 4.78 is 5.30. The van der Waals surface area contributed by atoms with Gasteiger partial charge in [0.05, 0.1) is 19.3 Å². The van der Waals surface area contributed by atoms with Gasteiger partial charge in [0.25, 0.3) is 5.91 Å². The number of carbonyl (C=O) groups excluding carboxylic acids is 1. The van der Waals surface area contributed by atoms with Gasteiger partial charge in [0.1, 0.15) is 11.6 Å². The number of anilines is 2. The van der Waals surface area contributed by atoms with Crippen LogP contribution in [0.3, 0.4) is 0 Å². The third-order valence-corrected chi connectivity index (χ3v) is 6.81. The normalized spacial score (nSPS) is 16.8. The third kappa shape index (κ3) is 4.52. The van der Waals surface area contributed by atoms with E-state index in [1.807, 2.05) is 23.1 Å². The summed E-state index contributed by atoms with van der Waals surface area (Å²) in [5.74, 6) is 3.25. The van der Waals surface area contributed by atoms with Crippen LogP contribution in [-0.4, -0.2) is 60.6 Å². The van der Waals surface area contributed by atoms with Crippen LogP contribution in [0.2, 0.25) is 0 Å². The van der Waals surface area contributed by atoms with Gasteiger partial charge in [-0.3, -0.25) is 4.79 Å². The molecule has 1 aromatic heterocycles. The lowest BCUT2D eigenvalue weighted by Gasteiger charge is -2.35. The van der Waals surface area contributed by atoms with Crippen molar-refractivity contribution in [3.8, 4) is 5.75 Å². The Morgan fingerprint density at radius 1 is 1.19 bits per heavy atom. The molecule has 4 rings (SSSR count). The van der Waals surface area contributed by atoms with Crippen molar-refractivity contribution in [2.75, 3.05) is 43.6 Å². The largest absolute Gasteiger partial charge is 0.497 e. The first-order valence-electron chi connectivity index (χ1n) is 11.7. The van der Waals surface area contributed by atoms with Gasteiger partial charge in [-0.2, -0.15) is 4.98 Å². The highest BCUT2D eigenvalue weighted by atomic mass is 16.5. The molecule has 0 bridgehead atoms. The highest BCUT2D eigenvalue weighted by molar-refractivity contribution is 5.94. The fraction of sp³-hybridized carbons (Fsp3) is 0.560. The summed E-state index contributed by atoms with van der Waals surface area (Å²) in [5.41, 5.74) is 2.79. The predicted octanol–water partition coefficient (Wildman–Crippen LogP) is 3.76. The van der Waals surface area contributed by atoms with Gasteiger partial charge in [-0.05, 0) is 50.8 Å². The highest BCUT2D eigenvalue weighted by Crippen LogP contribution is 2.31. The number of nitrogens with zero attached hydrogens (tertiary/aromatic N) is 5. The van der Waals surface area contributed by atoms with Gasteiger partial charge in [-0.1, -0.05) is 13.0 Å². The molecular weight excluding hydrogens is 402 g/mol. The van der Waals surface area contributed by atoms with Crippen molar-refractivity contribution < 1.29 is 9.53 Å². The number of rotatable bonds is 5. The van der Waals surface area contributed by atoms with E-state index < -0.39 is 0 Å². The number of amides is 1. The highest BCUT2D eigenvalue weighted by Gasteiger charge is 2.29. The fourth-order valence-electron chi connectivity index (χ4n) is 4.38. The summed E-state index contributed by atoms with van der Waals surface area (Å²) in [6, 6.07) is 7.66. The van der Waals surface area contributed by atoms with Crippen molar-refractivity contribution in [2.45, 2.75) is 52.6 Å². The Morgan fingerprint density at radius 2 is 1.94 bits per heavy atom. The first kappa shape index (κ1) is 22.4. The number of fused-ring (bicyclic) bond motifs is 1. The Hall–Kier alpha value is -2.83. The van der Waals surface area contributed by atoms with E-state index >= 15 is 0 Å². The van der Waals surface area contributed by atoms with Crippen molar-refractivity contribution in [3.05, 3.63) is 41.1 Å². The number of aromatic nitrogens is 2. The lowest BCUT2D eigenvalue weighted by molar-refractivity contribution is 0.0733. The molecule has 0 aliphatic carbocycles. The Morgan fingerprint density at radius 3 is 2.62 bits per heavy atom. The van der Waals surface area contributed by atoms with Gasteiger partial charge >= 0.3 is 0 Å². The van der Waals surface area contributed by atoms with E-state index in [9.17, 15) is 4.79 Å². The van der Waals surface area contributed by atoms with Gasteiger partial charge in [-0.25, -0.2) is 4.98 Å². The Balaban J connectivity index is 1.64. The second-order valence-corrected chi connectivity index (χ2v) is 9.36. The lowest BCUT2D eigenvalue weighted by Crippen LogP contribution is -2.40. The summed E-state index contributed by atoms with van der Waals surface area (Å²) in [6.07, 6.45) is 3.10. The van der Waals surface area contributed by atoms with Gasteiger partial charge in [-0.15, -0.1) is 0 Å². The second-order valence-electron chi connectivity index (χ2n) is 9.36. The average molecular weight is 438 g/mol. The predicted molar refractivity (Wildman–Crippen MR) is 128 cm³/mol. The molecule has 1 saturated heterocycles. The van der Waals surface area contributed by atoms with E-state index in [1.165, 1.54) is 12.8 Å². The SMILES string of the molecule is COc1cccc(C(=O)N2CCc3nc(N4CCC(C)CC4)nc(N(C)C(C)C)c3C2)c1. The number of piperidine rings is 1. The monoisotopic (exact) mass is 437 g/mol. The maximum atomic E-state index is 13.2. The Bertz CT molecular complexity index is 969. The third-order valence-electron chi connectivity index (χ3n) is 6.81. The van der Waals surface area contributed by atoms with Gasteiger partial charge < -0.3 is 19.4 Å². The van der Waals surface area contributed by atoms with Crippen LogP contribution in [0.1, 0.15) is 55.2 Å². The van der Waals surface area contributed by atoms with Gasteiger partial charge in [0.15, 0.2) is 0 Å². The van der Waals surface area contributed by atoms with Gasteiger partial charge in [0.2, 0.25) is 5.95 Å². The molecule has 32 heavy (non-hydrogen) atoms. The molecule has 1 aromatic carbocycles. The number of hydrogen-bond donors (Lipinski definition) is 0. The molecule has 2 aliphatic heterocycles. The van der Waals surface area contributed by atoms with Crippen LogP contribution in [0.4, 0.5) is 11.8 Å². The minimum Gasteiger partial charge on any atom is -0.497 e. The molecule has 7 nitrogen and oxygen atoms in total. The van der Waals surface area contributed by atoms with Crippen molar-refractivity contribution in [2.24, 2.45) is 5.92 Å². The summed E-state index contributed by atoms with van der Waals surface area (Å²) in [6.45, 7) is 9.83. The van der Waals surface area contributed by atoms with Crippen LogP contribution in [-0.2, 0) is 13.0 Å². The first-order chi connectivity index (χ1) is 15.4. The van der Waals surface area contributed by atoms with Gasteiger partial charge in [0, 0.05) is 50.3 Å². The number of benzene rings is 1. The molecule has 0 N–H and O–H groups in total. The zero-order valence-electron chi connectivity index (χ0n) is 20.0. The van der Waals surface area contributed by atoms with Crippen molar-refractivity contribution in [3.63, 3.8) is 0 Å². The van der Waals surface area contributed by atoms with Crippen LogP contribution in [0.25, 0.3) is 0 Å². The van der Waals surface area contributed by atoms with E-state index in [4.69, 9.17) is 14.7 Å². The number of ether oxygens (including phenoxy) is 1. The number of hydrogen-bond acceptors (Lipinski definition) is 6. The molecule has 0 radical (unpaired) electrons. The quantitative estimate of drug-likeness (QED) is 0.710. The minimum atomic E-state index is 0.0156. The molecule has 0 saturated carbocycles. The molecule has 0 spiro atoms. The molecule has 7 heteroatoms. The van der Waals surface area contributed by atoms with Crippen LogP contribution in [0.15, 0.2) is 24.3 Å². The molecular formula is C25H35N5O2. The summed E-state index contributed by atoms with van der Waals surface area (Å²) in [4.78, 5) is 29.7. The van der Waals surface area contributed by atoms with Crippen molar-refractivity contribution in [1.29, 1.82) is 0 Å². The van der Waals surface area contributed by atoms with E-state index in [0.717, 1.165) is 48.5 Å². The van der Waals surface area contributed by atoms with E-state index in [2.05, 4.69) is 37.6 Å². The van der Waals surface area contributed by atoms with Crippen LogP contribution >= 0.6 is 0 Å². The minimum absolute atomic E-state index is 0.0156. The van der Waals surface area contributed by atoms with Crippen molar-refractivity contribution in [1.82, 2.24) is 14.9 Å². The zero-order valence-corrected chi connectivity index (χ0v) is 20.0. The number of methoxy groups -OCH3 is 1. The van der Waals surface area contributed by atoms with E-state index in [0.29, 0.717) is 30.4 Å². The summed E-state index contributed by atoms with van der Waals surface area (Å²) in [5, 5.41) is 0. The van der Waals surface area contributed by atoms with Crippen LogP contribution in [0.5, 0.6) is 5.75 Å². The zero-order chi connectivity index (χ0) is 22.8. The topological polar surface area (TPSA) is 61.8 Å². The van der Waals surface area contributed by atoms with Crippen molar-refractivity contribution >= 4 is 17.7 Å². The standard InChI is InChI=1S/C25H35N5O2/c1-17(2)28(4)23-21-16-30(24(31)19-7-6-8-20(15-19)32-5)14-11-22(21)26-25(27-23)29-12-9-18(3)10-13-29/h6-8,15,17-18H,9-14,16H2,1-5H3. The first-order valence-corrected chi connectivity index (χ1v) is 11.7. The molecule has 3 heterocycles. The fourth-order valence-corrected chi connectivity index (χ4v) is 4.38. The molecule has 1 amide bonds. The van der Waals surface area contributed by atoms with E-state index in [1.54, 1.807) is 13.2 Å². The second kappa shape index (κ2) is 9.35. The maximum absolute atomic E-state index is 13.2. The lowest BCUT2D eigenvalue weighted by atomic mass is 9.99. The molecule has 1 fully saturated rings. The molecule has 172 valence electrons.